The molecule has 322 valence electrons. The Bertz CT molecular complexity index is 2570. The highest BCUT2D eigenvalue weighted by Gasteiger charge is 2.45. The number of anilines is 2. The molecule has 1 atom stereocenters. The van der Waals surface area contributed by atoms with Crippen molar-refractivity contribution < 1.29 is 32.2 Å². The van der Waals surface area contributed by atoms with Gasteiger partial charge in [-0.1, -0.05) is 6.92 Å². The molecule has 2 N–H and O–H groups in total. The molecule has 3 aliphatic heterocycles. The Labute approximate surface area is 354 Å². The zero-order valence-electron chi connectivity index (χ0n) is 34.3. The van der Waals surface area contributed by atoms with Crippen LogP contribution in [0.15, 0.2) is 53.6 Å². The summed E-state index contributed by atoms with van der Waals surface area (Å²) in [7, 11) is 3.61. The van der Waals surface area contributed by atoms with Crippen molar-refractivity contribution in [2.75, 3.05) is 49.5 Å². The monoisotopic (exact) mass is 859 g/mol. The lowest BCUT2D eigenvalue weighted by Crippen LogP contribution is -2.49. The van der Waals surface area contributed by atoms with Crippen LogP contribution in [0.5, 0.6) is 11.5 Å². The predicted molar refractivity (Wildman–Crippen MR) is 226 cm³/mol. The van der Waals surface area contributed by atoms with Gasteiger partial charge in [0.05, 0.1) is 46.7 Å². The summed E-state index contributed by atoms with van der Waals surface area (Å²) in [5.41, 5.74) is 1.27. The Morgan fingerprint density at radius 1 is 0.984 bits per heavy atom. The number of imide groups is 1. The number of aromatic nitrogens is 4. The van der Waals surface area contributed by atoms with E-state index in [4.69, 9.17) is 9.47 Å². The quantitative estimate of drug-likeness (QED) is 0.136. The van der Waals surface area contributed by atoms with Crippen molar-refractivity contribution in [3.63, 3.8) is 0 Å². The van der Waals surface area contributed by atoms with Gasteiger partial charge in [0, 0.05) is 63.2 Å². The Kier molecular flexibility index (Phi) is 11.2. The average molecular weight is 860 g/mol. The Morgan fingerprint density at radius 3 is 2.52 bits per heavy atom. The number of likely N-dealkylation sites (tertiary alicyclic amines) is 1. The van der Waals surface area contributed by atoms with Crippen molar-refractivity contribution in [2.24, 2.45) is 7.05 Å². The van der Waals surface area contributed by atoms with Crippen LogP contribution in [0.4, 0.5) is 29.5 Å². The van der Waals surface area contributed by atoms with Crippen LogP contribution in [-0.4, -0.2) is 92.0 Å². The van der Waals surface area contributed by atoms with E-state index >= 15 is 8.78 Å². The van der Waals surface area contributed by atoms with Crippen molar-refractivity contribution in [2.45, 2.75) is 81.9 Å². The Morgan fingerprint density at radius 2 is 1.77 bits per heavy atom. The smallest absolute Gasteiger partial charge is 0.329 e. The molecular formula is C43H48F3N9O5S. The van der Waals surface area contributed by atoms with E-state index in [1.54, 1.807) is 28.7 Å². The van der Waals surface area contributed by atoms with Gasteiger partial charge in [-0.15, -0.1) is 0 Å². The number of halogens is 3. The molecular weight excluding hydrogens is 812 g/mol. The van der Waals surface area contributed by atoms with Crippen LogP contribution < -0.4 is 25.2 Å². The minimum atomic E-state index is -0.884. The van der Waals surface area contributed by atoms with E-state index in [1.807, 2.05) is 24.3 Å². The number of amides is 3. The minimum absolute atomic E-state index is 0.0642. The molecule has 3 aromatic carbocycles. The molecule has 5 aromatic rings. The third kappa shape index (κ3) is 7.94. The maximum atomic E-state index is 15.8. The normalized spacial score (nSPS) is 22.1. The molecule has 0 bridgehead atoms. The van der Waals surface area contributed by atoms with Gasteiger partial charge in [-0.3, -0.25) is 29.1 Å². The first kappa shape index (κ1) is 41.2. The predicted octanol–water partition coefficient (Wildman–Crippen LogP) is 7.39. The van der Waals surface area contributed by atoms with Crippen molar-refractivity contribution in [1.82, 2.24) is 33.9 Å². The number of carbonyl (C=O) groups is 2. The summed E-state index contributed by atoms with van der Waals surface area (Å²) in [6, 6.07) is 10.00. The lowest BCUT2D eigenvalue weighted by Gasteiger charge is -2.44. The fourth-order valence-corrected chi connectivity index (χ4v) is 9.94. The molecule has 1 saturated carbocycles. The zero-order chi connectivity index (χ0) is 42.6. The number of hydrogen-bond donors (Lipinski definition) is 2. The number of ether oxygens (including phenoxy) is 2. The highest BCUT2D eigenvalue weighted by molar-refractivity contribution is 7.98. The van der Waals surface area contributed by atoms with Crippen molar-refractivity contribution in [3.05, 3.63) is 82.2 Å². The summed E-state index contributed by atoms with van der Waals surface area (Å²) >= 11 is 1.17. The van der Waals surface area contributed by atoms with Crippen LogP contribution in [0.25, 0.3) is 21.8 Å². The highest BCUT2D eigenvalue weighted by Crippen LogP contribution is 2.44. The summed E-state index contributed by atoms with van der Waals surface area (Å²) in [6.45, 7) is 4.94. The topological polar surface area (TPSA) is 139 Å². The van der Waals surface area contributed by atoms with E-state index in [1.165, 1.54) is 41.3 Å². The fourth-order valence-electron chi connectivity index (χ4n) is 9.40. The van der Waals surface area contributed by atoms with Gasteiger partial charge in [-0.25, -0.2) is 27.3 Å². The maximum absolute atomic E-state index is 15.8. The number of benzene rings is 3. The van der Waals surface area contributed by atoms with E-state index in [0.717, 1.165) is 63.2 Å². The van der Waals surface area contributed by atoms with Gasteiger partial charge in [0.2, 0.25) is 11.7 Å². The first-order valence-corrected chi connectivity index (χ1v) is 21.6. The number of nitrogens with zero attached hydrogens (tertiary/aromatic N) is 7. The SMILES string of the molecule is CCN(C)SNc1ccc(F)c(Oc2ccc3ncn(C4COC5(CCN(C6CCC(c7cc8c(cc7F)c(N7CCC(=O)NC7=O)nn8C)CC6)CC5)C4)c(=O)c3c2)c1F. The van der Waals surface area contributed by atoms with Crippen LogP contribution in [0.3, 0.4) is 0 Å². The van der Waals surface area contributed by atoms with E-state index in [9.17, 15) is 18.8 Å². The van der Waals surface area contributed by atoms with Gasteiger partial charge in [0.1, 0.15) is 11.6 Å². The summed E-state index contributed by atoms with van der Waals surface area (Å²) < 4.78 is 66.2. The van der Waals surface area contributed by atoms with E-state index in [2.05, 4.69) is 25.0 Å². The first-order chi connectivity index (χ1) is 29.4. The molecule has 18 heteroatoms. The van der Waals surface area contributed by atoms with E-state index < -0.39 is 23.4 Å². The van der Waals surface area contributed by atoms with Crippen LogP contribution in [-0.2, 0) is 16.6 Å². The van der Waals surface area contributed by atoms with Gasteiger partial charge in [-0.05, 0) is 106 Å². The molecule has 4 aliphatic rings. The van der Waals surface area contributed by atoms with Gasteiger partial charge in [-0.2, -0.15) is 5.10 Å². The van der Waals surface area contributed by atoms with Gasteiger partial charge < -0.3 is 19.1 Å². The standard InChI is InChI=1S/C43H48F3N9O5S/c1-4-51(2)61-50-35-12-10-32(44)39(38(35)46)60-28-9-11-34-30(19-28)41(57)55(24-47-34)27-22-43(59-23-27)14-17-53(18-15-43)26-7-5-25(6-8-26)29-21-36-31(20-33(29)45)40(49-52(36)3)54-16-13-37(56)48-42(54)58/h9-12,19-21,24-27,50H,4-8,13-18,22-23H2,1-3H3,(H,48,56,58). The summed E-state index contributed by atoms with van der Waals surface area (Å²) in [5.74, 6) is -2.46. The van der Waals surface area contributed by atoms with Crippen LogP contribution in [0.2, 0.25) is 0 Å². The van der Waals surface area contributed by atoms with Crippen LogP contribution >= 0.6 is 12.1 Å². The van der Waals surface area contributed by atoms with Crippen molar-refractivity contribution in [3.8, 4) is 11.5 Å². The second-order valence-corrected chi connectivity index (χ2v) is 17.6. The van der Waals surface area contributed by atoms with Crippen LogP contribution in [0, 0.1) is 17.5 Å². The lowest BCUT2D eigenvalue weighted by molar-refractivity contribution is -0.120. The van der Waals surface area contributed by atoms with Crippen LogP contribution in [0.1, 0.15) is 75.8 Å². The molecule has 61 heavy (non-hydrogen) atoms. The molecule has 1 aliphatic carbocycles. The molecule has 3 saturated heterocycles. The number of hydrogen-bond acceptors (Lipinski definition) is 11. The summed E-state index contributed by atoms with van der Waals surface area (Å²) in [4.78, 5) is 46.6. The molecule has 9 rings (SSSR count). The third-order valence-corrected chi connectivity index (χ3v) is 13.9. The first-order valence-electron chi connectivity index (χ1n) is 20.9. The Hall–Kier alpha value is -5.17. The number of rotatable bonds is 10. The number of urea groups is 1. The number of nitrogens with one attached hydrogen (secondary N) is 2. The lowest BCUT2D eigenvalue weighted by atomic mass is 9.79. The summed E-state index contributed by atoms with van der Waals surface area (Å²) in [5, 5.41) is 7.66. The molecule has 0 radical (unpaired) electrons. The number of carbonyl (C=O) groups excluding carboxylic acids is 2. The minimum Gasteiger partial charge on any atom is -0.451 e. The molecule has 3 amide bonds. The second kappa shape index (κ2) is 16.6. The molecule has 2 aromatic heterocycles. The van der Waals surface area contributed by atoms with Gasteiger partial charge in [0.25, 0.3) is 5.56 Å². The Balaban J connectivity index is 0.820. The summed E-state index contributed by atoms with van der Waals surface area (Å²) in [6.07, 6.45) is 7.61. The molecule has 5 heterocycles. The van der Waals surface area contributed by atoms with Gasteiger partial charge >= 0.3 is 6.03 Å². The third-order valence-electron chi connectivity index (χ3n) is 13.0. The van der Waals surface area contributed by atoms with Gasteiger partial charge in [0.15, 0.2) is 17.5 Å². The molecule has 1 spiro atoms. The number of fused-ring (bicyclic) bond motifs is 2. The second-order valence-electron chi connectivity index (χ2n) is 16.6. The number of aryl methyl sites for hydroxylation is 1. The zero-order valence-corrected chi connectivity index (χ0v) is 35.1. The highest BCUT2D eigenvalue weighted by atomic mass is 32.2. The van der Waals surface area contributed by atoms with Crippen molar-refractivity contribution in [1.29, 1.82) is 0 Å². The average Bonchev–Trinajstić information content (AvgIpc) is 3.81. The van der Waals surface area contributed by atoms with E-state index in [0.29, 0.717) is 47.9 Å². The molecule has 1 unspecified atom stereocenters. The largest absolute Gasteiger partial charge is 0.451 e. The molecule has 4 fully saturated rings. The number of piperidine rings is 1. The van der Waals surface area contributed by atoms with E-state index in [-0.39, 0.29) is 64.6 Å². The molecule has 14 nitrogen and oxygen atoms in total. The van der Waals surface area contributed by atoms with Crippen molar-refractivity contribution >= 4 is 57.4 Å². The maximum Gasteiger partial charge on any atom is 0.329 e. The fraction of sp³-hybridized carbons (Fsp3) is 0.465.